The average Bonchev–Trinajstić information content (AvgIpc) is 2.49. The highest BCUT2D eigenvalue weighted by Gasteiger charge is 2.12. The molecule has 0 saturated carbocycles. The van der Waals surface area contributed by atoms with E-state index in [1.165, 1.54) is 18.3 Å². The zero-order valence-corrected chi connectivity index (χ0v) is 14.6. The summed E-state index contributed by atoms with van der Waals surface area (Å²) in [6.45, 7) is 1.89. The first-order valence-electron chi connectivity index (χ1n) is 6.21. The third-order valence-corrected chi connectivity index (χ3v) is 4.08. The third kappa shape index (κ3) is 3.66. The van der Waals surface area contributed by atoms with Crippen LogP contribution in [-0.2, 0) is 6.42 Å². The van der Waals surface area contributed by atoms with Gasteiger partial charge in [-0.05, 0) is 44.3 Å². The van der Waals surface area contributed by atoms with Crippen molar-refractivity contribution in [1.29, 1.82) is 0 Å². The lowest BCUT2D eigenvalue weighted by atomic mass is 10.2. The highest BCUT2D eigenvalue weighted by atomic mass is 79.9. The molecule has 0 amide bonds. The lowest BCUT2D eigenvalue weighted by Crippen LogP contribution is -2.11. The predicted octanol–water partition coefficient (Wildman–Crippen LogP) is 2.71. The number of aromatic amines is 1. The number of phenols is 2. The summed E-state index contributed by atoms with van der Waals surface area (Å²) in [6, 6.07) is 2.91. The standard InChI is InChI=1S/C13H12Br2N4O3/c1-2-7-4-9(20)18-13(17-7)19-16-5-6-3-8(14)12(22)10(15)11(6)21/h3-5,21-22H,2H2,1H3,(H2,17,18,19,20)/b16-5-. The van der Waals surface area contributed by atoms with Gasteiger partial charge in [-0.25, -0.2) is 10.4 Å². The van der Waals surface area contributed by atoms with Gasteiger partial charge in [0.15, 0.2) is 0 Å². The van der Waals surface area contributed by atoms with E-state index in [1.54, 1.807) is 0 Å². The Hall–Kier alpha value is -1.87. The first-order chi connectivity index (χ1) is 10.4. The van der Waals surface area contributed by atoms with Gasteiger partial charge in [0.25, 0.3) is 5.56 Å². The van der Waals surface area contributed by atoms with Crippen LogP contribution >= 0.6 is 31.9 Å². The number of phenolic OH excluding ortho intramolecular Hbond substituents is 2. The maximum Gasteiger partial charge on any atom is 0.252 e. The smallest absolute Gasteiger partial charge is 0.252 e. The van der Waals surface area contributed by atoms with Gasteiger partial charge >= 0.3 is 0 Å². The quantitative estimate of drug-likeness (QED) is 0.439. The van der Waals surface area contributed by atoms with Crippen LogP contribution in [0, 0.1) is 0 Å². The highest BCUT2D eigenvalue weighted by molar-refractivity contribution is 9.11. The van der Waals surface area contributed by atoms with Crippen molar-refractivity contribution in [3.05, 3.63) is 42.7 Å². The van der Waals surface area contributed by atoms with Gasteiger partial charge in [0.1, 0.15) is 16.0 Å². The maximum absolute atomic E-state index is 11.4. The summed E-state index contributed by atoms with van der Waals surface area (Å²) in [4.78, 5) is 18.1. The fourth-order valence-electron chi connectivity index (χ4n) is 1.62. The lowest BCUT2D eigenvalue weighted by Gasteiger charge is -2.06. The second-order valence-corrected chi connectivity index (χ2v) is 5.92. The lowest BCUT2D eigenvalue weighted by molar-refractivity contribution is 0.442. The van der Waals surface area contributed by atoms with E-state index in [2.05, 4.69) is 52.4 Å². The van der Waals surface area contributed by atoms with Crippen LogP contribution in [0.25, 0.3) is 0 Å². The average molecular weight is 432 g/mol. The molecule has 0 bridgehead atoms. The summed E-state index contributed by atoms with van der Waals surface area (Å²) in [7, 11) is 0. The maximum atomic E-state index is 11.4. The number of benzene rings is 1. The summed E-state index contributed by atoms with van der Waals surface area (Å²) in [5.74, 6) is -0.0590. The van der Waals surface area contributed by atoms with Gasteiger partial charge in [0, 0.05) is 17.3 Å². The topological polar surface area (TPSA) is 111 Å². The van der Waals surface area contributed by atoms with Crippen molar-refractivity contribution in [3.8, 4) is 11.5 Å². The number of aromatic hydroxyl groups is 2. The second kappa shape index (κ2) is 6.93. The van der Waals surface area contributed by atoms with E-state index in [0.29, 0.717) is 22.2 Å². The van der Waals surface area contributed by atoms with Crippen molar-refractivity contribution < 1.29 is 10.2 Å². The normalized spacial score (nSPS) is 11.0. The monoisotopic (exact) mass is 430 g/mol. The van der Waals surface area contributed by atoms with Gasteiger partial charge in [-0.15, -0.1) is 0 Å². The van der Waals surface area contributed by atoms with Gasteiger partial charge in [-0.1, -0.05) is 6.92 Å². The summed E-state index contributed by atoms with van der Waals surface area (Å²) < 4.78 is 0.556. The van der Waals surface area contributed by atoms with Crippen LogP contribution in [0.1, 0.15) is 18.2 Å². The number of H-pyrrole nitrogens is 1. The predicted molar refractivity (Wildman–Crippen MR) is 90.6 cm³/mol. The molecule has 9 heteroatoms. The first-order valence-corrected chi connectivity index (χ1v) is 7.80. The zero-order valence-electron chi connectivity index (χ0n) is 11.4. The summed E-state index contributed by atoms with van der Waals surface area (Å²) in [6.07, 6.45) is 1.96. The largest absolute Gasteiger partial charge is 0.506 e. The fourth-order valence-corrected chi connectivity index (χ4v) is 2.77. The van der Waals surface area contributed by atoms with Gasteiger partial charge < -0.3 is 10.2 Å². The number of anilines is 1. The minimum Gasteiger partial charge on any atom is -0.506 e. The summed E-state index contributed by atoms with van der Waals surface area (Å²) in [5.41, 5.74) is 3.31. The van der Waals surface area contributed by atoms with Crippen LogP contribution in [0.5, 0.6) is 11.5 Å². The molecule has 1 aromatic carbocycles. The molecule has 1 heterocycles. The van der Waals surface area contributed by atoms with E-state index in [1.807, 2.05) is 6.92 Å². The molecule has 4 N–H and O–H groups in total. The molecule has 22 heavy (non-hydrogen) atoms. The zero-order chi connectivity index (χ0) is 16.3. The van der Waals surface area contributed by atoms with Gasteiger partial charge in [-0.2, -0.15) is 5.10 Å². The number of nitrogens with zero attached hydrogens (tertiary/aromatic N) is 2. The number of halogens is 2. The molecule has 116 valence electrons. The molecule has 0 aliphatic heterocycles. The van der Waals surface area contributed by atoms with Crippen molar-refractivity contribution in [3.63, 3.8) is 0 Å². The molecule has 2 aromatic rings. The van der Waals surface area contributed by atoms with Crippen molar-refractivity contribution in [2.75, 3.05) is 5.43 Å². The minimum atomic E-state index is -0.275. The fraction of sp³-hybridized carbons (Fsp3) is 0.154. The number of aryl methyl sites for hydroxylation is 1. The highest BCUT2D eigenvalue weighted by Crippen LogP contribution is 2.40. The van der Waals surface area contributed by atoms with E-state index in [9.17, 15) is 15.0 Å². The van der Waals surface area contributed by atoms with E-state index in [0.717, 1.165) is 0 Å². The molecule has 0 spiro atoms. The number of hydrazone groups is 1. The number of hydrogen-bond acceptors (Lipinski definition) is 6. The first kappa shape index (κ1) is 16.5. The Morgan fingerprint density at radius 2 is 2.09 bits per heavy atom. The SMILES string of the molecule is CCc1cc(=O)[nH]c(N/N=C\c2cc(Br)c(O)c(Br)c2O)n1. The van der Waals surface area contributed by atoms with E-state index in [4.69, 9.17) is 0 Å². The molecule has 0 fully saturated rings. The van der Waals surface area contributed by atoms with Gasteiger partial charge in [0.05, 0.1) is 10.7 Å². The van der Waals surface area contributed by atoms with Crippen molar-refractivity contribution in [1.82, 2.24) is 9.97 Å². The van der Waals surface area contributed by atoms with Crippen LogP contribution in [0.2, 0.25) is 0 Å². The summed E-state index contributed by atoms with van der Waals surface area (Å²) in [5, 5.41) is 23.5. The van der Waals surface area contributed by atoms with E-state index >= 15 is 0 Å². The molecule has 0 unspecified atom stereocenters. The minimum absolute atomic E-state index is 0.107. The number of rotatable bonds is 4. The Morgan fingerprint density at radius 3 is 2.77 bits per heavy atom. The molecule has 0 saturated heterocycles. The summed E-state index contributed by atoms with van der Waals surface area (Å²) >= 11 is 6.24. The Labute approximate surface area is 142 Å². The van der Waals surface area contributed by atoms with Gasteiger partial charge in [-0.3, -0.25) is 9.78 Å². The molecule has 0 aliphatic carbocycles. The van der Waals surface area contributed by atoms with Crippen molar-refractivity contribution in [2.45, 2.75) is 13.3 Å². The van der Waals surface area contributed by atoms with Crippen LogP contribution in [-0.4, -0.2) is 26.4 Å². The molecule has 1 aromatic heterocycles. The molecule has 0 radical (unpaired) electrons. The van der Waals surface area contributed by atoms with Crippen molar-refractivity contribution in [2.24, 2.45) is 5.10 Å². The molecular formula is C13H12Br2N4O3. The molecule has 0 atom stereocenters. The van der Waals surface area contributed by atoms with Crippen molar-refractivity contribution >= 4 is 44.0 Å². The molecule has 0 aliphatic rings. The van der Waals surface area contributed by atoms with Crippen LogP contribution in [0.3, 0.4) is 0 Å². The number of hydrogen-bond donors (Lipinski definition) is 4. The van der Waals surface area contributed by atoms with Crippen LogP contribution < -0.4 is 11.0 Å². The van der Waals surface area contributed by atoms with E-state index in [-0.39, 0.29) is 27.5 Å². The Morgan fingerprint density at radius 1 is 1.36 bits per heavy atom. The number of aromatic nitrogens is 2. The van der Waals surface area contributed by atoms with Crippen LogP contribution in [0.4, 0.5) is 5.95 Å². The Bertz CT molecular complexity index is 790. The molecule has 7 nitrogen and oxygen atoms in total. The molecule has 2 rings (SSSR count). The Kier molecular flexibility index (Phi) is 5.19. The van der Waals surface area contributed by atoms with Gasteiger partial charge in [0.2, 0.25) is 5.95 Å². The third-order valence-electron chi connectivity index (χ3n) is 2.73. The Balaban J connectivity index is 2.24. The van der Waals surface area contributed by atoms with Crippen LogP contribution in [0.15, 0.2) is 31.0 Å². The second-order valence-electron chi connectivity index (χ2n) is 4.27. The number of nitrogens with one attached hydrogen (secondary N) is 2. The molecular weight excluding hydrogens is 420 g/mol. The van der Waals surface area contributed by atoms with E-state index < -0.39 is 0 Å².